The molecule has 5 nitrogen and oxygen atoms in total. The molecule has 0 bridgehead atoms. The molecule has 0 radical (unpaired) electrons. The van der Waals surface area contributed by atoms with Gasteiger partial charge in [-0.2, -0.15) is 0 Å². The van der Waals surface area contributed by atoms with Gasteiger partial charge < -0.3 is 25.4 Å². The maximum Gasteiger partial charge on any atom is 0.128 e. The van der Waals surface area contributed by atoms with Crippen LogP contribution in [-0.4, -0.2) is 23.4 Å². The molecule has 0 saturated heterocycles. The van der Waals surface area contributed by atoms with E-state index in [2.05, 4.69) is 0 Å². The Bertz CT molecular complexity index is 1120. The first-order chi connectivity index (χ1) is 14.6. The second-order valence-corrected chi connectivity index (χ2v) is 7.18. The number of fused-ring (bicyclic) bond motifs is 1. The lowest BCUT2D eigenvalue weighted by molar-refractivity contribution is 0.121. The normalized spacial score (nSPS) is 11.4. The Kier molecular flexibility index (Phi) is 5.68. The molecule has 0 unspecified atom stereocenters. The van der Waals surface area contributed by atoms with Crippen LogP contribution >= 0.6 is 0 Å². The van der Waals surface area contributed by atoms with Crippen molar-refractivity contribution in [1.29, 1.82) is 0 Å². The largest absolute Gasteiger partial charge is 0.457 e. The maximum atomic E-state index is 9.51. The summed E-state index contributed by atoms with van der Waals surface area (Å²) < 4.78 is 11.8. The molecular weight excluding hydrogens is 378 g/mol. The maximum absolute atomic E-state index is 9.51. The lowest BCUT2D eigenvalue weighted by atomic mass is 9.91. The minimum absolute atomic E-state index is 0.333. The predicted molar refractivity (Wildman–Crippen MR) is 117 cm³/mol. The first-order valence-electron chi connectivity index (χ1n) is 9.65. The lowest BCUT2D eigenvalue weighted by Gasteiger charge is -2.25. The number of aliphatic hydroxyl groups excluding tert-OH is 2. The molecule has 30 heavy (non-hydrogen) atoms. The summed E-state index contributed by atoms with van der Waals surface area (Å²) in [7, 11) is 0. The van der Waals surface area contributed by atoms with Crippen LogP contribution in [0.4, 0.5) is 0 Å². The SMILES string of the molecule is NC(CO)(CO)c1ccc2cc(Oc3ccc(Oc4ccccc4)cc3)ccc2c1. The molecule has 0 aromatic heterocycles. The highest BCUT2D eigenvalue weighted by Gasteiger charge is 2.25. The van der Waals surface area contributed by atoms with Crippen molar-refractivity contribution in [3.05, 3.63) is 96.6 Å². The van der Waals surface area contributed by atoms with E-state index in [1.807, 2.05) is 91.0 Å². The fourth-order valence-corrected chi connectivity index (χ4v) is 3.17. The van der Waals surface area contributed by atoms with Crippen molar-refractivity contribution < 1.29 is 19.7 Å². The van der Waals surface area contributed by atoms with Crippen molar-refractivity contribution in [2.24, 2.45) is 5.73 Å². The second kappa shape index (κ2) is 8.55. The Morgan fingerprint density at radius 3 is 1.73 bits per heavy atom. The molecule has 4 rings (SSSR count). The van der Waals surface area contributed by atoms with Gasteiger partial charge in [0.25, 0.3) is 0 Å². The van der Waals surface area contributed by atoms with Gasteiger partial charge in [0.05, 0.1) is 18.8 Å². The van der Waals surface area contributed by atoms with Crippen LogP contribution in [0, 0.1) is 0 Å². The number of hydrogen-bond acceptors (Lipinski definition) is 5. The van der Waals surface area contributed by atoms with E-state index in [1.165, 1.54) is 0 Å². The average molecular weight is 401 g/mol. The standard InChI is InChI=1S/C25H23NO4/c26-25(16-27,17-28)20-8-6-19-15-24(9-7-18(19)14-20)30-23-12-10-22(11-13-23)29-21-4-2-1-3-5-21/h1-15,27-28H,16-17,26H2. The lowest BCUT2D eigenvalue weighted by Crippen LogP contribution is -2.44. The summed E-state index contributed by atoms with van der Waals surface area (Å²) in [5.41, 5.74) is 5.59. The number of aliphatic hydroxyl groups is 2. The number of ether oxygens (including phenoxy) is 2. The molecule has 0 atom stereocenters. The number of nitrogens with two attached hydrogens (primary N) is 1. The van der Waals surface area contributed by atoms with Crippen LogP contribution in [-0.2, 0) is 5.54 Å². The number of para-hydroxylation sites is 1. The van der Waals surface area contributed by atoms with Crippen molar-refractivity contribution in [2.45, 2.75) is 5.54 Å². The summed E-state index contributed by atoms with van der Waals surface area (Å²) in [5.74, 6) is 2.92. The number of rotatable bonds is 7. The van der Waals surface area contributed by atoms with Crippen LogP contribution in [0.3, 0.4) is 0 Å². The zero-order valence-electron chi connectivity index (χ0n) is 16.4. The molecule has 4 N–H and O–H groups in total. The fraction of sp³-hybridized carbons (Fsp3) is 0.120. The highest BCUT2D eigenvalue weighted by molar-refractivity contribution is 5.84. The minimum Gasteiger partial charge on any atom is -0.457 e. The van der Waals surface area contributed by atoms with E-state index in [9.17, 15) is 10.2 Å². The van der Waals surface area contributed by atoms with Gasteiger partial charge >= 0.3 is 0 Å². The van der Waals surface area contributed by atoms with Gasteiger partial charge in [-0.25, -0.2) is 0 Å². The Morgan fingerprint density at radius 1 is 0.600 bits per heavy atom. The van der Waals surface area contributed by atoms with E-state index in [1.54, 1.807) is 0 Å². The third-order valence-corrected chi connectivity index (χ3v) is 4.99. The molecule has 4 aromatic rings. The van der Waals surface area contributed by atoms with E-state index >= 15 is 0 Å². The Labute approximate surface area is 174 Å². The molecule has 0 amide bonds. The van der Waals surface area contributed by atoms with E-state index < -0.39 is 5.54 Å². The molecule has 0 spiro atoms. The van der Waals surface area contributed by atoms with Crippen LogP contribution in [0.15, 0.2) is 91.0 Å². The summed E-state index contributed by atoms with van der Waals surface area (Å²) >= 11 is 0. The highest BCUT2D eigenvalue weighted by Crippen LogP contribution is 2.30. The van der Waals surface area contributed by atoms with Gasteiger partial charge in [-0.1, -0.05) is 36.4 Å². The molecular formula is C25H23NO4. The molecule has 0 aliphatic carbocycles. The third kappa shape index (κ3) is 4.28. The van der Waals surface area contributed by atoms with Crippen LogP contribution < -0.4 is 15.2 Å². The minimum atomic E-state index is -1.16. The van der Waals surface area contributed by atoms with Crippen molar-refractivity contribution in [1.82, 2.24) is 0 Å². The van der Waals surface area contributed by atoms with Crippen LogP contribution in [0.5, 0.6) is 23.0 Å². The van der Waals surface area contributed by atoms with Gasteiger partial charge in [0.15, 0.2) is 0 Å². The van der Waals surface area contributed by atoms with Gasteiger partial charge in [0, 0.05) is 0 Å². The summed E-state index contributed by atoms with van der Waals surface area (Å²) in [5, 5.41) is 20.9. The van der Waals surface area contributed by atoms with Crippen molar-refractivity contribution in [3.8, 4) is 23.0 Å². The number of benzene rings is 4. The van der Waals surface area contributed by atoms with Gasteiger partial charge in [0.2, 0.25) is 0 Å². The molecule has 0 aliphatic heterocycles. The quantitative estimate of drug-likeness (QED) is 0.423. The first-order valence-corrected chi connectivity index (χ1v) is 9.65. The zero-order chi connectivity index (χ0) is 21.0. The van der Waals surface area contributed by atoms with E-state index in [0.29, 0.717) is 17.1 Å². The number of hydrogen-bond donors (Lipinski definition) is 3. The van der Waals surface area contributed by atoms with Gasteiger partial charge in [0.1, 0.15) is 23.0 Å². The molecule has 5 heteroatoms. The van der Waals surface area contributed by atoms with Crippen molar-refractivity contribution >= 4 is 10.8 Å². The molecule has 152 valence electrons. The zero-order valence-corrected chi connectivity index (χ0v) is 16.4. The van der Waals surface area contributed by atoms with Gasteiger partial charge in [-0.15, -0.1) is 0 Å². The molecule has 0 heterocycles. The van der Waals surface area contributed by atoms with Crippen molar-refractivity contribution in [3.63, 3.8) is 0 Å². The fourth-order valence-electron chi connectivity index (χ4n) is 3.17. The summed E-state index contributed by atoms with van der Waals surface area (Å²) in [6.45, 7) is -0.666. The summed E-state index contributed by atoms with van der Waals surface area (Å²) in [4.78, 5) is 0. The summed E-state index contributed by atoms with van der Waals surface area (Å²) in [6.07, 6.45) is 0. The smallest absolute Gasteiger partial charge is 0.128 e. The predicted octanol–water partition coefficient (Wildman–Crippen LogP) is 4.56. The highest BCUT2D eigenvalue weighted by atomic mass is 16.5. The Hall–Kier alpha value is -3.38. The molecule has 4 aromatic carbocycles. The molecule has 0 fully saturated rings. The van der Waals surface area contributed by atoms with Gasteiger partial charge in [-0.3, -0.25) is 0 Å². The topological polar surface area (TPSA) is 84.9 Å². The Morgan fingerprint density at radius 2 is 1.10 bits per heavy atom. The van der Waals surface area contributed by atoms with Gasteiger partial charge in [-0.05, 0) is 70.9 Å². The third-order valence-electron chi connectivity index (χ3n) is 4.99. The summed E-state index contributed by atoms with van der Waals surface area (Å²) in [6, 6.07) is 28.4. The van der Waals surface area contributed by atoms with E-state index in [0.717, 1.165) is 22.3 Å². The van der Waals surface area contributed by atoms with Crippen LogP contribution in [0.25, 0.3) is 10.8 Å². The average Bonchev–Trinajstić information content (AvgIpc) is 2.80. The monoisotopic (exact) mass is 401 g/mol. The van der Waals surface area contributed by atoms with E-state index in [-0.39, 0.29) is 13.2 Å². The Balaban J connectivity index is 1.50. The van der Waals surface area contributed by atoms with Crippen LogP contribution in [0.2, 0.25) is 0 Å². The van der Waals surface area contributed by atoms with E-state index in [4.69, 9.17) is 15.2 Å². The first kappa shape index (κ1) is 19.9. The van der Waals surface area contributed by atoms with Crippen molar-refractivity contribution in [2.75, 3.05) is 13.2 Å². The molecule has 0 aliphatic rings. The van der Waals surface area contributed by atoms with Crippen LogP contribution in [0.1, 0.15) is 5.56 Å². The second-order valence-electron chi connectivity index (χ2n) is 7.18. The molecule has 0 saturated carbocycles.